The van der Waals surface area contributed by atoms with E-state index >= 15 is 0 Å². The van der Waals surface area contributed by atoms with E-state index in [9.17, 15) is 4.79 Å². The summed E-state index contributed by atoms with van der Waals surface area (Å²) in [5.74, 6) is 1.72. The molecule has 1 aliphatic heterocycles. The van der Waals surface area contributed by atoms with E-state index in [-0.39, 0.29) is 18.2 Å². The molecule has 2 heterocycles. The first kappa shape index (κ1) is 16.9. The quantitative estimate of drug-likeness (QED) is 0.898. The zero-order chi connectivity index (χ0) is 18.0. The molecule has 1 unspecified atom stereocenters. The number of ether oxygens (including phenoxy) is 4. The van der Waals surface area contributed by atoms with Crippen molar-refractivity contribution in [3.05, 3.63) is 35.5 Å². The van der Waals surface area contributed by atoms with Crippen LogP contribution >= 0.6 is 0 Å². The number of aromatic nitrogens is 1. The Morgan fingerprint density at radius 3 is 2.44 bits per heavy atom. The third-order valence-electron chi connectivity index (χ3n) is 4.25. The van der Waals surface area contributed by atoms with Crippen LogP contribution in [0, 0.1) is 0 Å². The fourth-order valence-corrected chi connectivity index (χ4v) is 3.15. The average molecular weight is 344 g/mol. The molecule has 0 fully saturated rings. The van der Waals surface area contributed by atoms with E-state index in [1.807, 2.05) is 12.1 Å². The maximum absolute atomic E-state index is 12.2. The van der Waals surface area contributed by atoms with Crippen molar-refractivity contribution < 1.29 is 23.7 Å². The van der Waals surface area contributed by atoms with E-state index in [0.29, 0.717) is 28.8 Å². The van der Waals surface area contributed by atoms with Gasteiger partial charge >= 0.3 is 0 Å². The van der Waals surface area contributed by atoms with Gasteiger partial charge in [-0.15, -0.1) is 0 Å². The predicted octanol–water partition coefficient (Wildman–Crippen LogP) is 2.59. The van der Waals surface area contributed by atoms with Crippen LogP contribution in [-0.4, -0.2) is 39.3 Å². The zero-order valence-electron chi connectivity index (χ0n) is 14.6. The number of anilines is 1. The first-order valence-corrected chi connectivity index (χ1v) is 7.75. The van der Waals surface area contributed by atoms with Gasteiger partial charge < -0.3 is 24.3 Å². The molecule has 7 nitrogen and oxygen atoms in total. The monoisotopic (exact) mass is 344 g/mol. The zero-order valence-corrected chi connectivity index (χ0v) is 14.6. The number of nitrogens with one attached hydrogen (secondary N) is 1. The van der Waals surface area contributed by atoms with Crippen LogP contribution in [0.1, 0.15) is 23.5 Å². The van der Waals surface area contributed by atoms with Crippen molar-refractivity contribution in [2.45, 2.75) is 12.3 Å². The number of hydrogen-bond acceptors (Lipinski definition) is 6. The molecular formula is C18H20N2O5. The molecule has 0 aliphatic carbocycles. The molecule has 1 aromatic heterocycles. The Morgan fingerprint density at radius 1 is 1.04 bits per heavy atom. The fourth-order valence-electron chi connectivity index (χ4n) is 3.15. The van der Waals surface area contributed by atoms with Gasteiger partial charge in [-0.05, 0) is 11.6 Å². The highest BCUT2D eigenvalue weighted by molar-refractivity contribution is 5.97. The molecule has 0 spiro atoms. The second-order valence-corrected chi connectivity index (χ2v) is 5.54. The van der Waals surface area contributed by atoms with Crippen molar-refractivity contribution >= 4 is 11.6 Å². The Kier molecular flexibility index (Phi) is 4.65. The van der Waals surface area contributed by atoms with E-state index < -0.39 is 0 Å². The van der Waals surface area contributed by atoms with Crippen LogP contribution < -0.4 is 24.3 Å². The van der Waals surface area contributed by atoms with E-state index in [1.165, 1.54) is 0 Å². The second-order valence-electron chi connectivity index (χ2n) is 5.54. The maximum atomic E-state index is 12.2. The molecule has 0 saturated heterocycles. The summed E-state index contributed by atoms with van der Waals surface area (Å²) in [4.78, 5) is 16.4. The summed E-state index contributed by atoms with van der Waals surface area (Å²) in [5, 5.41) is 2.89. The lowest BCUT2D eigenvalue weighted by Gasteiger charge is -2.29. The standard InChI is InChI=1S/C18H20N2O5/c1-22-13-9-12-16(18(25-4)17(13)24-3)11(8-14(21)20-12)10-5-6-19-15(7-10)23-2/h5-7,9,11H,8H2,1-4H3,(H,20,21). The van der Waals surface area contributed by atoms with Crippen molar-refractivity contribution in [3.63, 3.8) is 0 Å². The topological polar surface area (TPSA) is 78.9 Å². The highest BCUT2D eigenvalue weighted by Crippen LogP contribution is 2.51. The van der Waals surface area contributed by atoms with Gasteiger partial charge in [0.1, 0.15) is 0 Å². The maximum Gasteiger partial charge on any atom is 0.225 e. The van der Waals surface area contributed by atoms with Crippen LogP contribution in [0.3, 0.4) is 0 Å². The van der Waals surface area contributed by atoms with Crippen molar-refractivity contribution in [3.8, 4) is 23.1 Å². The number of amides is 1. The third kappa shape index (κ3) is 2.93. The minimum absolute atomic E-state index is 0.0810. The SMILES string of the molecule is COc1cc(C2CC(=O)Nc3cc(OC)c(OC)c(OC)c32)ccn1. The molecular weight excluding hydrogens is 324 g/mol. The molecule has 3 rings (SSSR count). The van der Waals surface area contributed by atoms with E-state index in [1.54, 1.807) is 40.7 Å². The molecule has 1 aromatic carbocycles. The summed E-state index contributed by atoms with van der Waals surface area (Å²) in [6.45, 7) is 0. The number of fused-ring (bicyclic) bond motifs is 1. The molecule has 0 radical (unpaired) electrons. The Morgan fingerprint density at radius 2 is 1.80 bits per heavy atom. The molecule has 1 amide bonds. The predicted molar refractivity (Wildman–Crippen MR) is 92.0 cm³/mol. The Labute approximate surface area is 145 Å². The second kappa shape index (κ2) is 6.88. The fraction of sp³-hybridized carbons (Fsp3) is 0.333. The minimum atomic E-state index is -0.213. The summed E-state index contributed by atoms with van der Waals surface area (Å²) in [7, 11) is 6.22. The summed E-state index contributed by atoms with van der Waals surface area (Å²) >= 11 is 0. The van der Waals surface area contributed by atoms with Gasteiger partial charge in [0, 0.05) is 36.2 Å². The third-order valence-corrected chi connectivity index (χ3v) is 4.25. The number of hydrogen-bond donors (Lipinski definition) is 1. The Balaban J connectivity index is 2.23. The molecule has 1 N–H and O–H groups in total. The van der Waals surface area contributed by atoms with E-state index in [0.717, 1.165) is 11.1 Å². The molecule has 25 heavy (non-hydrogen) atoms. The van der Waals surface area contributed by atoms with Crippen LogP contribution in [-0.2, 0) is 4.79 Å². The van der Waals surface area contributed by atoms with Gasteiger partial charge in [0.15, 0.2) is 11.5 Å². The van der Waals surface area contributed by atoms with E-state index in [2.05, 4.69) is 10.3 Å². The number of pyridine rings is 1. The average Bonchev–Trinajstić information content (AvgIpc) is 2.65. The summed E-state index contributed by atoms with van der Waals surface area (Å²) in [5.41, 5.74) is 2.40. The largest absolute Gasteiger partial charge is 0.493 e. The molecule has 7 heteroatoms. The Hall–Kier alpha value is -2.96. The van der Waals surface area contributed by atoms with Gasteiger partial charge in [-0.2, -0.15) is 0 Å². The molecule has 0 saturated carbocycles. The number of benzene rings is 1. The number of carbonyl (C=O) groups excluding carboxylic acids is 1. The minimum Gasteiger partial charge on any atom is -0.493 e. The van der Waals surface area contributed by atoms with Crippen LogP contribution in [0.5, 0.6) is 23.1 Å². The van der Waals surface area contributed by atoms with Crippen LogP contribution in [0.15, 0.2) is 24.4 Å². The first-order chi connectivity index (χ1) is 12.1. The van der Waals surface area contributed by atoms with E-state index in [4.69, 9.17) is 18.9 Å². The van der Waals surface area contributed by atoms with Gasteiger partial charge in [0.05, 0.1) is 34.1 Å². The Bertz CT molecular complexity index is 806. The van der Waals surface area contributed by atoms with Gasteiger partial charge in [-0.3, -0.25) is 4.79 Å². The van der Waals surface area contributed by atoms with Crippen LogP contribution in [0.25, 0.3) is 0 Å². The summed E-state index contributed by atoms with van der Waals surface area (Å²) in [6.07, 6.45) is 1.94. The highest BCUT2D eigenvalue weighted by atomic mass is 16.5. The van der Waals surface area contributed by atoms with Crippen LogP contribution in [0.4, 0.5) is 5.69 Å². The van der Waals surface area contributed by atoms with Crippen molar-refractivity contribution in [2.24, 2.45) is 0 Å². The smallest absolute Gasteiger partial charge is 0.225 e. The molecule has 132 valence electrons. The van der Waals surface area contributed by atoms with Gasteiger partial charge in [0.25, 0.3) is 0 Å². The molecule has 0 bridgehead atoms. The number of carbonyl (C=O) groups is 1. The van der Waals surface area contributed by atoms with Gasteiger partial charge in [-0.25, -0.2) is 4.98 Å². The number of rotatable bonds is 5. The van der Waals surface area contributed by atoms with Crippen molar-refractivity contribution in [1.82, 2.24) is 4.98 Å². The lowest BCUT2D eigenvalue weighted by molar-refractivity contribution is -0.116. The lowest BCUT2D eigenvalue weighted by Crippen LogP contribution is -2.24. The van der Waals surface area contributed by atoms with Crippen molar-refractivity contribution in [1.29, 1.82) is 0 Å². The first-order valence-electron chi connectivity index (χ1n) is 7.75. The van der Waals surface area contributed by atoms with Gasteiger partial charge in [-0.1, -0.05) is 0 Å². The summed E-state index contributed by atoms with van der Waals surface area (Å²) in [6, 6.07) is 5.44. The van der Waals surface area contributed by atoms with Gasteiger partial charge in [0.2, 0.25) is 17.5 Å². The normalized spacial score (nSPS) is 15.8. The molecule has 1 atom stereocenters. The number of methoxy groups -OCH3 is 4. The lowest BCUT2D eigenvalue weighted by atomic mass is 9.84. The summed E-state index contributed by atoms with van der Waals surface area (Å²) < 4.78 is 21.7. The molecule has 2 aromatic rings. The van der Waals surface area contributed by atoms with Crippen molar-refractivity contribution in [2.75, 3.05) is 33.8 Å². The highest BCUT2D eigenvalue weighted by Gasteiger charge is 2.33. The molecule has 1 aliphatic rings. The van der Waals surface area contributed by atoms with Crippen LogP contribution in [0.2, 0.25) is 0 Å². The number of nitrogens with zero attached hydrogens (tertiary/aromatic N) is 1.